The minimum atomic E-state index is -0.486. The van der Waals surface area contributed by atoms with E-state index in [2.05, 4.69) is 6.08 Å². The maximum Gasteiger partial charge on any atom is 0.410 e. The van der Waals surface area contributed by atoms with Gasteiger partial charge in [-0.2, -0.15) is 0 Å². The van der Waals surface area contributed by atoms with Gasteiger partial charge < -0.3 is 43.0 Å². The van der Waals surface area contributed by atoms with Crippen LogP contribution in [0.5, 0.6) is 23.0 Å². The van der Waals surface area contributed by atoms with Gasteiger partial charge in [0.05, 0.1) is 28.4 Å². The van der Waals surface area contributed by atoms with Crippen LogP contribution in [0.15, 0.2) is 35.9 Å². The van der Waals surface area contributed by atoms with Crippen molar-refractivity contribution >= 4 is 30.0 Å². The van der Waals surface area contributed by atoms with Gasteiger partial charge in [0, 0.05) is 61.6 Å². The summed E-state index contributed by atoms with van der Waals surface area (Å²) in [5.74, 6) is 3.19. The molecule has 2 saturated heterocycles. The molecule has 58 heavy (non-hydrogen) atoms. The average Bonchev–Trinajstić information content (AvgIpc) is 3.69. The van der Waals surface area contributed by atoms with E-state index < -0.39 is 11.2 Å². The van der Waals surface area contributed by atoms with Crippen molar-refractivity contribution in [2.75, 3.05) is 54.6 Å². The highest BCUT2D eigenvalue weighted by molar-refractivity contribution is 6.13. The lowest BCUT2D eigenvalue weighted by atomic mass is 9.93. The number of carbonyl (C=O) groups is 5. The first kappa shape index (κ1) is 47.3. The van der Waals surface area contributed by atoms with Gasteiger partial charge in [-0.3, -0.25) is 9.59 Å². The molecular weight excluding hydrogens is 744 g/mol. The van der Waals surface area contributed by atoms with Gasteiger partial charge in [-0.25, -0.2) is 9.59 Å². The number of hydrogen-bond donors (Lipinski definition) is 0. The van der Waals surface area contributed by atoms with Gasteiger partial charge >= 0.3 is 12.2 Å². The number of benzene rings is 2. The number of fused-ring (bicyclic) bond motifs is 2. The zero-order chi connectivity index (χ0) is 42.1. The van der Waals surface area contributed by atoms with Gasteiger partial charge in [0.25, 0.3) is 0 Å². The second kappa shape index (κ2) is 20.6. The molecule has 2 aliphatic carbocycles. The van der Waals surface area contributed by atoms with E-state index in [1.807, 2.05) is 53.7 Å². The number of ketones is 2. The molecule has 2 aromatic carbocycles. The summed E-state index contributed by atoms with van der Waals surface area (Å²) in [5, 5.41) is 0. The van der Waals surface area contributed by atoms with Crippen LogP contribution in [-0.2, 0) is 27.1 Å². The molecule has 0 unspecified atom stereocenters. The molecule has 6 rings (SSSR count). The summed E-state index contributed by atoms with van der Waals surface area (Å²) >= 11 is 0. The van der Waals surface area contributed by atoms with Gasteiger partial charge in [0.15, 0.2) is 34.6 Å². The van der Waals surface area contributed by atoms with E-state index in [4.69, 9.17) is 28.4 Å². The van der Waals surface area contributed by atoms with E-state index >= 15 is 0 Å². The Balaban J connectivity index is 0.000000253. The van der Waals surface area contributed by atoms with Crippen LogP contribution in [-0.4, -0.2) is 106 Å². The number of rotatable bonds is 6. The molecular formula is C45H64N2O11. The summed E-state index contributed by atoms with van der Waals surface area (Å²) in [6.45, 7) is 13.7. The van der Waals surface area contributed by atoms with Crippen LogP contribution in [0.2, 0.25) is 0 Å². The quantitative estimate of drug-likeness (QED) is 0.205. The third-order valence-corrected chi connectivity index (χ3v) is 10.1. The lowest BCUT2D eigenvalue weighted by Crippen LogP contribution is -2.41. The van der Waals surface area contributed by atoms with Gasteiger partial charge in [0.1, 0.15) is 17.5 Å². The third-order valence-electron chi connectivity index (χ3n) is 10.1. The Morgan fingerprint density at radius 2 is 1.03 bits per heavy atom. The van der Waals surface area contributed by atoms with Crippen LogP contribution in [0.3, 0.4) is 0 Å². The van der Waals surface area contributed by atoms with E-state index in [1.165, 1.54) is 0 Å². The first-order valence-electron chi connectivity index (χ1n) is 19.6. The van der Waals surface area contributed by atoms with E-state index in [0.29, 0.717) is 67.6 Å². The third kappa shape index (κ3) is 12.7. The Kier molecular flexibility index (Phi) is 16.8. The van der Waals surface area contributed by atoms with Crippen molar-refractivity contribution in [2.24, 2.45) is 11.8 Å². The zero-order valence-electron chi connectivity index (χ0n) is 35.3. The SMILES string of the molecule is C.CC(C)(C)OC(=O)N1CCC(C=O)CC1.COc1cc2c(cc1OC)C(=O)/C(=C\C1CCN(C(=O)OC(C)(C)C)CC1)C2.COc1cc2c(cc1OC)C(=O)CC2. The highest BCUT2D eigenvalue weighted by atomic mass is 16.6. The Bertz CT molecular complexity index is 1810. The van der Waals surface area contributed by atoms with Crippen LogP contribution in [0.4, 0.5) is 9.59 Å². The molecule has 0 N–H and O–H groups in total. The molecule has 13 nitrogen and oxygen atoms in total. The maximum atomic E-state index is 12.8. The Morgan fingerprint density at radius 3 is 1.47 bits per heavy atom. The molecule has 4 aliphatic rings. The lowest BCUT2D eigenvalue weighted by Gasteiger charge is -2.32. The van der Waals surface area contributed by atoms with Crippen molar-refractivity contribution in [1.29, 1.82) is 0 Å². The summed E-state index contributed by atoms with van der Waals surface area (Å²) in [6.07, 6.45) is 7.74. The molecule has 2 fully saturated rings. The zero-order valence-corrected chi connectivity index (χ0v) is 35.3. The molecule has 13 heteroatoms. The second-order valence-corrected chi connectivity index (χ2v) is 16.6. The molecule has 0 spiro atoms. The molecule has 0 saturated carbocycles. The minimum absolute atomic E-state index is 0. The van der Waals surface area contributed by atoms with Gasteiger partial charge in [-0.05, 0) is 115 Å². The summed E-state index contributed by atoms with van der Waals surface area (Å²) in [4.78, 5) is 62.0. The number of likely N-dealkylation sites (tertiary alicyclic amines) is 2. The van der Waals surface area contributed by atoms with Gasteiger partial charge in [-0.15, -0.1) is 0 Å². The molecule has 320 valence electrons. The first-order chi connectivity index (χ1) is 26.9. The molecule has 0 radical (unpaired) electrons. The summed E-state index contributed by atoms with van der Waals surface area (Å²) in [6, 6.07) is 7.31. The molecule has 0 atom stereocenters. The van der Waals surface area contributed by atoms with Crippen molar-refractivity contribution in [3.8, 4) is 23.0 Å². The molecule has 0 bridgehead atoms. The number of amides is 2. The fourth-order valence-electron chi connectivity index (χ4n) is 7.05. The van der Waals surface area contributed by atoms with Crippen molar-refractivity contribution in [1.82, 2.24) is 9.80 Å². The van der Waals surface area contributed by atoms with E-state index in [0.717, 1.165) is 60.7 Å². The largest absolute Gasteiger partial charge is 0.493 e. The smallest absolute Gasteiger partial charge is 0.410 e. The highest BCUT2D eigenvalue weighted by Crippen LogP contribution is 2.38. The van der Waals surface area contributed by atoms with Gasteiger partial charge in [-0.1, -0.05) is 13.5 Å². The molecule has 0 aromatic heterocycles. The molecule has 2 aromatic rings. The van der Waals surface area contributed by atoms with Crippen LogP contribution >= 0.6 is 0 Å². The number of hydrogen-bond acceptors (Lipinski definition) is 11. The summed E-state index contributed by atoms with van der Waals surface area (Å²) < 4.78 is 31.6. The number of Topliss-reactive ketones (excluding diaryl/α,β-unsaturated/α-hetero) is 2. The first-order valence-corrected chi connectivity index (χ1v) is 19.6. The number of aryl methyl sites for hydroxylation is 1. The Labute approximate surface area is 344 Å². The van der Waals surface area contributed by atoms with Crippen molar-refractivity contribution in [3.05, 3.63) is 58.2 Å². The fourth-order valence-corrected chi connectivity index (χ4v) is 7.05. The normalized spacial score (nSPS) is 17.4. The van der Waals surface area contributed by atoms with Gasteiger partial charge in [0.2, 0.25) is 0 Å². The summed E-state index contributed by atoms with van der Waals surface area (Å²) in [5.41, 5.74) is 3.39. The second-order valence-electron chi connectivity index (χ2n) is 16.6. The topological polar surface area (TPSA) is 147 Å². The monoisotopic (exact) mass is 808 g/mol. The minimum Gasteiger partial charge on any atom is -0.493 e. The van der Waals surface area contributed by atoms with E-state index in [9.17, 15) is 24.0 Å². The average molecular weight is 809 g/mol. The standard InChI is InChI=1S/C22H29NO5.C11H19NO3.C11H12O3.CH4/c1-22(2,3)28-21(25)23-8-6-14(7-9-23)10-16-11-15-12-18(26-4)19(27-5)13-17(15)20(16)24;1-11(2,3)15-10(14)12-6-4-9(8-13)5-7-12;1-13-10-5-7-3-4-9(12)8(7)6-11(10)14-2;/h10,12-14H,6-9,11H2,1-5H3;8-9H,4-7H2,1-3H3;5-6H,3-4H2,1-2H3;1H4/b16-10-;;;. The van der Waals surface area contributed by atoms with Crippen molar-refractivity contribution in [3.63, 3.8) is 0 Å². The lowest BCUT2D eigenvalue weighted by molar-refractivity contribution is -0.112. The van der Waals surface area contributed by atoms with Crippen molar-refractivity contribution < 1.29 is 52.4 Å². The number of nitrogens with zero attached hydrogens (tertiary/aromatic N) is 2. The highest BCUT2D eigenvalue weighted by Gasteiger charge is 2.31. The number of ether oxygens (including phenoxy) is 6. The predicted octanol–water partition coefficient (Wildman–Crippen LogP) is 8.32. The number of allylic oxidation sites excluding steroid dienone is 2. The predicted molar refractivity (Wildman–Crippen MR) is 222 cm³/mol. The number of piperidine rings is 2. The number of carbonyl (C=O) groups excluding carboxylic acids is 5. The fraction of sp³-hybridized carbons (Fsp3) is 0.578. The summed E-state index contributed by atoms with van der Waals surface area (Å²) in [7, 11) is 6.33. The Hall–Kier alpha value is -5.07. The van der Waals surface area contributed by atoms with Crippen LogP contribution in [0.1, 0.15) is 113 Å². The van der Waals surface area contributed by atoms with Crippen LogP contribution in [0.25, 0.3) is 0 Å². The van der Waals surface area contributed by atoms with E-state index in [-0.39, 0.29) is 43.0 Å². The Morgan fingerprint density at radius 1 is 0.621 bits per heavy atom. The molecule has 2 aliphatic heterocycles. The van der Waals surface area contributed by atoms with Crippen LogP contribution in [0, 0.1) is 11.8 Å². The number of aldehydes is 1. The van der Waals surface area contributed by atoms with E-state index in [1.54, 1.807) is 50.4 Å². The number of methoxy groups -OCH3 is 4. The molecule has 2 heterocycles. The van der Waals surface area contributed by atoms with Crippen LogP contribution < -0.4 is 18.9 Å². The van der Waals surface area contributed by atoms with Crippen molar-refractivity contribution in [2.45, 2.75) is 105 Å². The molecule has 2 amide bonds. The maximum absolute atomic E-state index is 12.8.